The quantitative estimate of drug-likeness (QED) is 0.142. The lowest BCUT2D eigenvalue weighted by Gasteiger charge is -2.41. The molecule has 0 radical (unpaired) electrons. The van der Waals surface area contributed by atoms with E-state index in [1.165, 1.54) is 0 Å². The molecular weight excluding hydrogens is 456 g/mol. The molecule has 0 aliphatic carbocycles. The van der Waals surface area contributed by atoms with Crippen molar-refractivity contribution < 1.29 is 37.6 Å². The number of esters is 1. The average Bonchev–Trinajstić information content (AvgIpc) is 3.00. The minimum absolute atomic E-state index is 0.0418. The molecule has 0 amide bonds. The summed E-state index contributed by atoms with van der Waals surface area (Å²) in [7, 11) is -0.460. The number of hydrogen-bond acceptors (Lipinski definition) is 8. The highest BCUT2D eigenvalue weighted by Gasteiger charge is 2.49. The molecule has 34 heavy (non-hydrogen) atoms. The Morgan fingerprint density at radius 2 is 1.62 bits per heavy atom. The standard InChI is InChI=1S/C25H50O8Si/c1-23(2,3)22(26)30-17-20-21(32-25(7,8)31-20)19(33-34(10,11)24(4,5)6)13-12-14-28-18-29-16-15-27-9/h19-21H,12-18H2,1-11H3/t19-,20-,21+/m1/s1. The van der Waals surface area contributed by atoms with Gasteiger partial charge in [-0.05, 0) is 65.6 Å². The summed E-state index contributed by atoms with van der Waals surface area (Å²) in [5, 5.41) is 0.0418. The van der Waals surface area contributed by atoms with Crippen LogP contribution < -0.4 is 0 Å². The van der Waals surface area contributed by atoms with Crippen LogP contribution in [0.5, 0.6) is 0 Å². The van der Waals surface area contributed by atoms with Gasteiger partial charge in [0.2, 0.25) is 0 Å². The summed E-state index contributed by atoms with van der Waals surface area (Å²) in [6.07, 6.45) is 0.545. The molecule has 0 aromatic carbocycles. The molecule has 0 bridgehead atoms. The van der Waals surface area contributed by atoms with Crippen LogP contribution in [-0.2, 0) is 37.6 Å². The number of methoxy groups -OCH3 is 1. The summed E-state index contributed by atoms with van der Waals surface area (Å²) >= 11 is 0. The maximum atomic E-state index is 12.4. The molecule has 1 fully saturated rings. The van der Waals surface area contributed by atoms with Crippen molar-refractivity contribution in [3.05, 3.63) is 0 Å². The number of carbonyl (C=O) groups excluding carboxylic acids is 1. The van der Waals surface area contributed by atoms with Crippen molar-refractivity contribution in [2.24, 2.45) is 5.41 Å². The lowest BCUT2D eigenvalue weighted by molar-refractivity contribution is -0.166. The second-order valence-electron chi connectivity index (χ2n) is 12.0. The molecule has 0 unspecified atom stereocenters. The zero-order valence-electron chi connectivity index (χ0n) is 23.4. The molecule has 1 aliphatic heterocycles. The predicted molar refractivity (Wildman–Crippen MR) is 134 cm³/mol. The first-order valence-corrected chi connectivity index (χ1v) is 15.3. The van der Waals surface area contributed by atoms with E-state index in [0.717, 1.165) is 12.8 Å². The first kappa shape index (κ1) is 31.5. The van der Waals surface area contributed by atoms with Crippen LogP contribution in [0.4, 0.5) is 0 Å². The zero-order valence-corrected chi connectivity index (χ0v) is 24.4. The van der Waals surface area contributed by atoms with Crippen molar-refractivity contribution in [2.75, 3.05) is 40.3 Å². The van der Waals surface area contributed by atoms with E-state index in [4.69, 9.17) is 32.8 Å². The van der Waals surface area contributed by atoms with Gasteiger partial charge in [0, 0.05) is 13.7 Å². The second-order valence-corrected chi connectivity index (χ2v) is 16.7. The van der Waals surface area contributed by atoms with E-state index in [2.05, 4.69) is 33.9 Å². The van der Waals surface area contributed by atoms with Crippen LogP contribution in [0.2, 0.25) is 18.1 Å². The number of carbonyl (C=O) groups is 1. The van der Waals surface area contributed by atoms with E-state index in [1.54, 1.807) is 7.11 Å². The summed E-state index contributed by atoms with van der Waals surface area (Å²) in [4.78, 5) is 12.4. The van der Waals surface area contributed by atoms with Gasteiger partial charge in [0.15, 0.2) is 14.1 Å². The van der Waals surface area contributed by atoms with Crippen molar-refractivity contribution >= 4 is 14.3 Å². The monoisotopic (exact) mass is 506 g/mol. The van der Waals surface area contributed by atoms with Crippen LogP contribution >= 0.6 is 0 Å². The lowest BCUT2D eigenvalue weighted by Crippen LogP contribution is -2.50. The van der Waals surface area contributed by atoms with E-state index >= 15 is 0 Å². The summed E-state index contributed by atoms with van der Waals surface area (Å²) < 4.78 is 40.9. The maximum absolute atomic E-state index is 12.4. The summed E-state index contributed by atoms with van der Waals surface area (Å²) in [5.74, 6) is -1.05. The molecule has 0 aromatic rings. The van der Waals surface area contributed by atoms with Crippen LogP contribution in [0.25, 0.3) is 0 Å². The third kappa shape index (κ3) is 10.6. The Morgan fingerprint density at radius 3 is 2.18 bits per heavy atom. The van der Waals surface area contributed by atoms with E-state index in [0.29, 0.717) is 19.8 Å². The predicted octanol–water partition coefficient (Wildman–Crippen LogP) is 4.90. The SMILES string of the molecule is COCCOCOCCC[C@@H](O[Si](C)(C)C(C)(C)C)[C@@H]1OC(C)(C)O[C@@H]1COC(=O)C(C)(C)C. The highest BCUT2D eigenvalue weighted by Crippen LogP contribution is 2.40. The molecule has 1 aliphatic rings. The van der Waals surface area contributed by atoms with Crippen molar-refractivity contribution in [3.8, 4) is 0 Å². The van der Waals surface area contributed by atoms with Crippen molar-refractivity contribution in [2.45, 2.75) is 110 Å². The minimum atomic E-state index is -2.10. The Morgan fingerprint density at radius 1 is 1.00 bits per heavy atom. The Kier molecular flexibility index (Phi) is 12.1. The minimum Gasteiger partial charge on any atom is -0.462 e. The van der Waals surface area contributed by atoms with Crippen LogP contribution in [-0.4, -0.2) is 78.7 Å². The van der Waals surface area contributed by atoms with Gasteiger partial charge in [0.25, 0.3) is 0 Å². The Hall–Kier alpha value is -0.553. The smallest absolute Gasteiger partial charge is 0.311 e. The first-order valence-electron chi connectivity index (χ1n) is 12.4. The van der Waals surface area contributed by atoms with Gasteiger partial charge in [-0.1, -0.05) is 20.8 Å². The van der Waals surface area contributed by atoms with Crippen molar-refractivity contribution in [1.29, 1.82) is 0 Å². The fraction of sp³-hybridized carbons (Fsp3) is 0.960. The topological polar surface area (TPSA) is 81.7 Å². The normalized spacial score (nSPS) is 22.1. The van der Waals surface area contributed by atoms with Crippen LogP contribution in [0.15, 0.2) is 0 Å². The van der Waals surface area contributed by atoms with Crippen LogP contribution in [0, 0.1) is 5.41 Å². The molecular formula is C25H50O8Si. The van der Waals surface area contributed by atoms with Gasteiger partial charge >= 0.3 is 5.97 Å². The number of rotatable bonds is 14. The van der Waals surface area contributed by atoms with E-state index in [9.17, 15) is 4.79 Å². The third-order valence-corrected chi connectivity index (χ3v) is 10.7. The number of hydrogen-bond donors (Lipinski definition) is 0. The fourth-order valence-electron chi connectivity index (χ4n) is 3.23. The Balaban J connectivity index is 2.88. The molecule has 1 rings (SSSR count). The van der Waals surface area contributed by atoms with Crippen LogP contribution in [0.3, 0.4) is 0 Å². The van der Waals surface area contributed by atoms with Crippen molar-refractivity contribution in [3.63, 3.8) is 0 Å². The molecule has 1 heterocycles. The van der Waals surface area contributed by atoms with E-state index in [-0.39, 0.29) is 36.6 Å². The lowest BCUT2D eigenvalue weighted by atomic mass is 9.97. The molecule has 0 N–H and O–H groups in total. The summed E-state index contributed by atoms with van der Waals surface area (Å²) in [6.45, 7) is 22.4. The number of ether oxygens (including phenoxy) is 6. The molecule has 8 nitrogen and oxygen atoms in total. The van der Waals surface area contributed by atoms with Gasteiger partial charge in [-0.25, -0.2) is 0 Å². The molecule has 9 heteroatoms. The molecule has 0 saturated carbocycles. The van der Waals surface area contributed by atoms with E-state index in [1.807, 2.05) is 34.6 Å². The molecule has 202 valence electrons. The van der Waals surface area contributed by atoms with Gasteiger partial charge in [-0.15, -0.1) is 0 Å². The Labute approximate surface area is 208 Å². The van der Waals surface area contributed by atoms with Gasteiger partial charge in [-0.2, -0.15) is 0 Å². The average molecular weight is 507 g/mol. The second kappa shape index (κ2) is 13.1. The maximum Gasteiger partial charge on any atom is 0.311 e. The molecule has 0 aromatic heterocycles. The first-order chi connectivity index (χ1) is 15.5. The largest absolute Gasteiger partial charge is 0.462 e. The molecule has 3 atom stereocenters. The van der Waals surface area contributed by atoms with Gasteiger partial charge in [0.05, 0.1) is 24.7 Å². The summed E-state index contributed by atoms with van der Waals surface area (Å²) in [6, 6.07) is 0. The third-order valence-electron chi connectivity index (χ3n) is 6.21. The summed E-state index contributed by atoms with van der Waals surface area (Å²) in [5.41, 5.74) is -0.579. The molecule has 1 saturated heterocycles. The van der Waals surface area contributed by atoms with Crippen molar-refractivity contribution in [1.82, 2.24) is 0 Å². The van der Waals surface area contributed by atoms with Crippen LogP contribution in [0.1, 0.15) is 68.2 Å². The van der Waals surface area contributed by atoms with E-state index < -0.39 is 25.6 Å². The van der Waals surface area contributed by atoms with Gasteiger partial charge < -0.3 is 32.8 Å². The van der Waals surface area contributed by atoms with Gasteiger partial charge in [0.1, 0.15) is 25.6 Å². The van der Waals surface area contributed by atoms with Gasteiger partial charge in [-0.3, -0.25) is 4.79 Å². The Bertz CT molecular complexity index is 609. The fourth-order valence-corrected chi connectivity index (χ4v) is 4.59. The molecule has 0 spiro atoms. The zero-order chi connectivity index (χ0) is 26.2. The highest BCUT2D eigenvalue weighted by atomic mass is 28.4. The highest BCUT2D eigenvalue weighted by molar-refractivity contribution is 6.74.